The van der Waals surface area contributed by atoms with Gasteiger partial charge in [0.05, 0.1) is 20.3 Å². The molecular formula is C24H33N7O4. The van der Waals surface area contributed by atoms with Crippen LogP contribution in [0.5, 0.6) is 11.5 Å². The van der Waals surface area contributed by atoms with Gasteiger partial charge in [-0.25, -0.2) is 4.68 Å². The Labute approximate surface area is 204 Å². The zero-order valence-electron chi connectivity index (χ0n) is 20.1. The molecule has 3 aliphatic rings. The van der Waals surface area contributed by atoms with E-state index in [0.29, 0.717) is 44.1 Å². The van der Waals surface area contributed by atoms with Crippen molar-refractivity contribution in [3.63, 3.8) is 0 Å². The molecule has 3 atom stereocenters. The minimum absolute atomic E-state index is 0.00209. The summed E-state index contributed by atoms with van der Waals surface area (Å²) in [6.07, 6.45) is 6.14. The Bertz CT molecular complexity index is 1030. The summed E-state index contributed by atoms with van der Waals surface area (Å²) in [4.78, 5) is 29.9. The molecule has 35 heavy (non-hydrogen) atoms. The first-order valence-electron chi connectivity index (χ1n) is 12.4. The van der Waals surface area contributed by atoms with Crippen LogP contribution in [0.1, 0.15) is 43.7 Å². The van der Waals surface area contributed by atoms with Gasteiger partial charge in [-0.3, -0.25) is 14.5 Å². The topological polar surface area (TPSA) is 115 Å². The predicted molar refractivity (Wildman–Crippen MR) is 126 cm³/mol. The highest BCUT2D eigenvalue weighted by atomic mass is 16.5. The van der Waals surface area contributed by atoms with E-state index < -0.39 is 0 Å². The van der Waals surface area contributed by atoms with Crippen LogP contribution in [0, 0.1) is 5.92 Å². The Balaban J connectivity index is 1.35. The molecule has 2 saturated heterocycles. The van der Waals surface area contributed by atoms with Crippen LogP contribution in [0.15, 0.2) is 24.5 Å². The van der Waals surface area contributed by atoms with E-state index in [9.17, 15) is 9.59 Å². The molecule has 1 N–H and O–H groups in total. The quantitative estimate of drug-likeness (QED) is 0.688. The number of carbonyl (C=O) groups excluding carboxylic acids is 2. The van der Waals surface area contributed by atoms with E-state index in [-0.39, 0.29) is 24.9 Å². The number of methoxy groups -OCH3 is 1. The lowest BCUT2D eigenvalue weighted by Crippen LogP contribution is -2.44. The van der Waals surface area contributed by atoms with Crippen molar-refractivity contribution in [2.75, 3.05) is 39.9 Å². The van der Waals surface area contributed by atoms with Crippen LogP contribution in [0.2, 0.25) is 0 Å². The van der Waals surface area contributed by atoms with E-state index in [1.165, 1.54) is 23.0 Å². The van der Waals surface area contributed by atoms with Gasteiger partial charge in [0.2, 0.25) is 11.8 Å². The number of rotatable bonds is 3. The number of amides is 2. The third-order valence-electron chi connectivity index (χ3n) is 7.40. The fourth-order valence-electron chi connectivity index (χ4n) is 5.69. The monoisotopic (exact) mass is 483 g/mol. The van der Waals surface area contributed by atoms with Crippen molar-refractivity contribution in [3.8, 4) is 11.5 Å². The summed E-state index contributed by atoms with van der Waals surface area (Å²) in [6, 6.07) is 7.02. The fourth-order valence-corrected chi connectivity index (χ4v) is 5.69. The van der Waals surface area contributed by atoms with Crippen LogP contribution >= 0.6 is 0 Å². The molecule has 5 rings (SSSR count). The molecule has 0 unspecified atom stereocenters. The number of aromatic nitrogens is 4. The Kier molecular flexibility index (Phi) is 7.12. The molecule has 2 aromatic rings. The number of hydrogen-bond acceptors (Lipinski definition) is 8. The van der Waals surface area contributed by atoms with E-state index in [1.807, 2.05) is 6.07 Å². The van der Waals surface area contributed by atoms with E-state index in [1.54, 1.807) is 12.0 Å². The molecule has 0 aliphatic carbocycles. The fraction of sp³-hybridized carbons (Fsp3) is 0.625. The molecule has 188 valence electrons. The largest absolute Gasteiger partial charge is 0.493 e. The van der Waals surface area contributed by atoms with Crippen LogP contribution in [0.25, 0.3) is 0 Å². The number of nitrogens with one attached hydrogen (secondary N) is 1. The van der Waals surface area contributed by atoms with Gasteiger partial charge in [0, 0.05) is 25.2 Å². The average Bonchev–Trinajstić information content (AvgIpc) is 3.60. The Hall–Kier alpha value is -3.21. The summed E-state index contributed by atoms with van der Waals surface area (Å²) in [6.45, 7) is 2.67. The number of carbonyl (C=O) groups is 2. The normalized spacial score (nSPS) is 25.6. The van der Waals surface area contributed by atoms with Crippen LogP contribution in [-0.2, 0) is 16.1 Å². The van der Waals surface area contributed by atoms with Crippen LogP contribution in [0.4, 0.5) is 0 Å². The molecule has 0 spiro atoms. The van der Waals surface area contributed by atoms with Gasteiger partial charge >= 0.3 is 0 Å². The van der Waals surface area contributed by atoms with Crippen LogP contribution < -0.4 is 14.8 Å². The number of ether oxygens (including phenoxy) is 2. The smallest absolute Gasteiger partial charge is 0.244 e. The second-order valence-electron chi connectivity index (χ2n) is 9.55. The molecule has 4 heterocycles. The van der Waals surface area contributed by atoms with Gasteiger partial charge in [-0.15, -0.1) is 5.10 Å². The number of hydrogen-bond donors (Lipinski definition) is 1. The highest BCUT2D eigenvalue weighted by Gasteiger charge is 2.44. The molecule has 2 amide bonds. The summed E-state index contributed by atoms with van der Waals surface area (Å²) in [7, 11) is 1.66. The number of fused-ring (bicyclic) bond motifs is 8. The predicted octanol–water partition coefficient (Wildman–Crippen LogP) is 1.02. The summed E-state index contributed by atoms with van der Waals surface area (Å²) >= 11 is 0. The van der Waals surface area contributed by atoms with Crippen LogP contribution in [0.3, 0.4) is 0 Å². The van der Waals surface area contributed by atoms with Crippen molar-refractivity contribution in [1.29, 1.82) is 0 Å². The van der Waals surface area contributed by atoms with Gasteiger partial charge in [-0.2, -0.15) is 0 Å². The zero-order chi connectivity index (χ0) is 24.2. The molecule has 3 aliphatic heterocycles. The van der Waals surface area contributed by atoms with E-state index in [0.717, 1.165) is 37.3 Å². The lowest BCUT2D eigenvalue weighted by Gasteiger charge is -2.25. The van der Waals surface area contributed by atoms with Crippen molar-refractivity contribution < 1.29 is 19.1 Å². The number of nitrogens with zero attached hydrogens (tertiary/aromatic N) is 6. The SMILES string of the molecule is COc1ccc2cc1OCCCCN(C(=O)Cn1cnnn1)CC(=O)NC[C@H]1C[C@H]2N2CCC[C@@H]12. The van der Waals surface area contributed by atoms with Gasteiger partial charge in [0.25, 0.3) is 0 Å². The summed E-state index contributed by atoms with van der Waals surface area (Å²) < 4.78 is 13.1. The second-order valence-corrected chi connectivity index (χ2v) is 9.55. The van der Waals surface area contributed by atoms with E-state index in [2.05, 4.69) is 37.9 Å². The highest BCUT2D eigenvalue weighted by Crippen LogP contribution is 2.46. The third kappa shape index (κ3) is 5.24. The Morgan fingerprint density at radius 2 is 2.17 bits per heavy atom. The first kappa shape index (κ1) is 23.5. The molecule has 0 radical (unpaired) electrons. The van der Waals surface area contributed by atoms with E-state index in [4.69, 9.17) is 9.47 Å². The summed E-state index contributed by atoms with van der Waals surface area (Å²) in [5.74, 6) is 1.55. The standard InChI is InChI=1S/C24H33N7O4/c1-34-21-7-6-17-12-22(21)35-10-3-2-8-29(24(33)15-30-16-26-27-28-30)14-23(32)25-13-18-11-20(17)31-9-4-5-19(18)31/h6-7,12,16,18-20H,2-5,8-11,13-15H2,1H3,(H,25,32)/t18-,19+,20-/m1/s1. The maximum absolute atomic E-state index is 12.9. The lowest BCUT2D eigenvalue weighted by atomic mass is 9.94. The second kappa shape index (κ2) is 10.6. The minimum Gasteiger partial charge on any atom is -0.493 e. The maximum atomic E-state index is 12.9. The Morgan fingerprint density at radius 1 is 1.26 bits per heavy atom. The Morgan fingerprint density at radius 3 is 3.00 bits per heavy atom. The lowest BCUT2D eigenvalue weighted by molar-refractivity contribution is -0.136. The highest BCUT2D eigenvalue weighted by molar-refractivity contribution is 5.84. The number of benzene rings is 1. The third-order valence-corrected chi connectivity index (χ3v) is 7.40. The van der Waals surface area contributed by atoms with Gasteiger partial charge in [0.1, 0.15) is 12.9 Å². The van der Waals surface area contributed by atoms with Crippen molar-refractivity contribution >= 4 is 11.8 Å². The van der Waals surface area contributed by atoms with E-state index >= 15 is 0 Å². The van der Waals surface area contributed by atoms with Gasteiger partial charge in [-0.1, -0.05) is 6.07 Å². The minimum atomic E-state index is -0.188. The van der Waals surface area contributed by atoms with Crippen molar-refractivity contribution in [2.45, 2.75) is 50.7 Å². The van der Waals surface area contributed by atoms with Gasteiger partial charge < -0.3 is 19.7 Å². The molecule has 11 nitrogen and oxygen atoms in total. The molecule has 2 fully saturated rings. The van der Waals surface area contributed by atoms with Crippen LogP contribution in [-0.4, -0.2) is 87.8 Å². The van der Waals surface area contributed by atoms with Gasteiger partial charge in [0.15, 0.2) is 11.5 Å². The van der Waals surface area contributed by atoms with Crippen molar-refractivity contribution in [1.82, 2.24) is 35.3 Å². The summed E-state index contributed by atoms with van der Waals surface area (Å²) in [5.41, 5.74) is 1.24. The van der Waals surface area contributed by atoms with Gasteiger partial charge in [-0.05, 0) is 72.7 Å². The number of tetrazole rings is 1. The maximum Gasteiger partial charge on any atom is 0.244 e. The summed E-state index contributed by atoms with van der Waals surface area (Å²) in [5, 5.41) is 14.1. The zero-order valence-corrected chi connectivity index (χ0v) is 20.1. The van der Waals surface area contributed by atoms with Crippen molar-refractivity contribution in [2.24, 2.45) is 5.92 Å². The molecular weight excluding hydrogens is 450 g/mol. The molecule has 1 aromatic heterocycles. The van der Waals surface area contributed by atoms with Crippen molar-refractivity contribution in [3.05, 3.63) is 30.1 Å². The average molecular weight is 484 g/mol. The molecule has 4 bridgehead atoms. The molecule has 0 saturated carbocycles. The first-order valence-corrected chi connectivity index (χ1v) is 12.4. The first-order chi connectivity index (χ1) is 17.1. The molecule has 11 heteroatoms. The molecule has 1 aromatic carbocycles.